The molecular weight excluding hydrogens is 299 g/mol. The third-order valence-corrected chi connectivity index (χ3v) is 3.47. The van der Waals surface area contributed by atoms with Gasteiger partial charge >= 0.3 is 0 Å². The van der Waals surface area contributed by atoms with Crippen LogP contribution in [0.2, 0.25) is 0 Å². The number of nitrogens with one attached hydrogen (secondary N) is 2. The molecule has 1 aliphatic heterocycles. The first-order chi connectivity index (χ1) is 11.0. The van der Waals surface area contributed by atoms with Crippen molar-refractivity contribution in [1.29, 1.82) is 0 Å². The normalized spacial score (nSPS) is 16.1. The molecule has 1 atom stereocenters. The number of anilines is 2. The summed E-state index contributed by atoms with van der Waals surface area (Å²) in [6.07, 6.45) is -0.404. The van der Waals surface area contributed by atoms with E-state index in [4.69, 9.17) is 4.74 Å². The summed E-state index contributed by atoms with van der Waals surface area (Å²) in [4.78, 5) is 23.6. The molecule has 23 heavy (non-hydrogen) atoms. The Kier molecular flexibility index (Phi) is 3.97. The molecule has 6 heteroatoms. The molecule has 2 N–H and O–H groups in total. The number of benzene rings is 2. The van der Waals surface area contributed by atoms with Gasteiger partial charge in [-0.3, -0.25) is 9.59 Å². The van der Waals surface area contributed by atoms with Crippen molar-refractivity contribution in [2.45, 2.75) is 19.4 Å². The molecule has 3 rings (SSSR count). The van der Waals surface area contributed by atoms with E-state index in [1.54, 1.807) is 37.3 Å². The van der Waals surface area contributed by atoms with E-state index in [-0.39, 0.29) is 24.1 Å². The van der Waals surface area contributed by atoms with Gasteiger partial charge in [0.05, 0.1) is 12.1 Å². The van der Waals surface area contributed by atoms with Crippen molar-refractivity contribution >= 4 is 23.2 Å². The number of carbonyl (C=O) groups is 2. The van der Waals surface area contributed by atoms with E-state index in [1.807, 2.05) is 0 Å². The van der Waals surface area contributed by atoms with Crippen LogP contribution in [0.15, 0.2) is 42.5 Å². The highest BCUT2D eigenvalue weighted by atomic mass is 19.1. The number of amides is 2. The second-order valence-corrected chi connectivity index (χ2v) is 5.31. The largest absolute Gasteiger partial charge is 0.479 e. The van der Waals surface area contributed by atoms with Crippen LogP contribution in [0.4, 0.5) is 15.8 Å². The maximum atomic E-state index is 12.8. The Hall–Kier alpha value is -2.89. The summed E-state index contributed by atoms with van der Waals surface area (Å²) in [6.45, 7) is 1.66. The molecule has 2 aromatic rings. The zero-order chi connectivity index (χ0) is 16.4. The van der Waals surface area contributed by atoms with Crippen molar-refractivity contribution < 1.29 is 18.7 Å². The second-order valence-electron chi connectivity index (χ2n) is 5.31. The number of halogens is 1. The highest BCUT2D eigenvalue weighted by Gasteiger charge is 2.23. The molecule has 0 radical (unpaired) electrons. The van der Waals surface area contributed by atoms with Gasteiger partial charge in [0.15, 0.2) is 6.10 Å². The van der Waals surface area contributed by atoms with Gasteiger partial charge in [0.2, 0.25) is 5.91 Å². The van der Waals surface area contributed by atoms with Gasteiger partial charge in [-0.1, -0.05) is 12.1 Å². The first-order valence-electron chi connectivity index (χ1n) is 7.17. The maximum Gasteiger partial charge on any atom is 0.265 e. The topological polar surface area (TPSA) is 67.4 Å². The predicted octanol–water partition coefficient (Wildman–Crippen LogP) is 2.73. The summed E-state index contributed by atoms with van der Waals surface area (Å²) < 4.78 is 18.3. The van der Waals surface area contributed by atoms with E-state index in [9.17, 15) is 14.0 Å². The summed E-state index contributed by atoms with van der Waals surface area (Å²) in [5, 5.41) is 5.46. The molecule has 2 aromatic carbocycles. The highest BCUT2D eigenvalue weighted by molar-refractivity contribution is 5.99. The molecule has 0 bridgehead atoms. The standard InChI is InChI=1S/C17H15FN2O3/c1-10-17(22)20-14-9-13(6-7-15(14)23-10)19-16(21)8-11-2-4-12(18)5-3-11/h2-7,9-10H,8H2,1H3,(H,19,21)(H,20,22). The van der Waals surface area contributed by atoms with Crippen LogP contribution in [-0.4, -0.2) is 17.9 Å². The van der Waals surface area contributed by atoms with E-state index < -0.39 is 6.10 Å². The number of hydrogen-bond donors (Lipinski definition) is 2. The highest BCUT2D eigenvalue weighted by Crippen LogP contribution is 2.32. The lowest BCUT2D eigenvalue weighted by atomic mass is 10.1. The predicted molar refractivity (Wildman–Crippen MR) is 83.9 cm³/mol. The minimum absolute atomic E-state index is 0.136. The average Bonchev–Trinajstić information content (AvgIpc) is 2.51. The van der Waals surface area contributed by atoms with Gasteiger partial charge in [0.25, 0.3) is 5.91 Å². The molecule has 1 aliphatic rings. The first kappa shape index (κ1) is 15.0. The molecule has 0 fully saturated rings. The molecule has 2 amide bonds. The van der Waals surface area contributed by atoms with Crippen molar-refractivity contribution in [1.82, 2.24) is 0 Å². The van der Waals surface area contributed by atoms with Crippen molar-refractivity contribution in [3.05, 3.63) is 53.8 Å². The summed E-state index contributed by atoms with van der Waals surface area (Å²) in [5.74, 6) is -0.234. The molecule has 0 saturated heterocycles. The van der Waals surface area contributed by atoms with Crippen LogP contribution in [0.1, 0.15) is 12.5 Å². The lowest BCUT2D eigenvalue weighted by Crippen LogP contribution is -2.34. The molecular formula is C17H15FN2O3. The summed E-state index contributed by atoms with van der Waals surface area (Å²) in [7, 11) is 0. The Bertz CT molecular complexity index is 759. The van der Waals surface area contributed by atoms with Gasteiger partial charge in [-0.25, -0.2) is 4.39 Å². The quantitative estimate of drug-likeness (QED) is 0.915. The molecule has 0 aromatic heterocycles. The number of fused-ring (bicyclic) bond motifs is 1. The molecule has 5 nitrogen and oxygen atoms in total. The summed E-state index contributed by atoms with van der Waals surface area (Å²) >= 11 is 0. The van der Waals surface area contributed by atoms with E-state index in [2.05, 4.69) is 10.6 Å². The molecule has 0 spiro atoms. The molecule has 0 saturated carbocycles. The van der Waals surface area contributed by atoms with E-state index in [0.717, 1.165) is 0 Å². The summed E-state index contributed by atoms with van der Waals surface area (Å²) in [6, 6.07) is 10.8. The first-order valence-corrected chi connectivity index (χ1v) is 7.17. The monoisotopic (exact) mass is 314 g/mol. The fourth-order valence-electron chi connectivity index (χ4n) is 2.28. The fraction of sp³-hybridized carbons (Fsp3) is 0.176. The van der Waals surface area contributed by atoms with Gasteiger partial charge in [-0.15, -0.1) is 0 Å². The van der Waals surface area contributed by atoms with Crippen molar-refractivity contribution in [2.75, 3.05) is 10.6 Å². The number of ether oxygens (including phenoxy) is 1. The van der Waals surface area contributed by atoms with Crippen molar-refractivity contribution in [3.63, 3.8) is 0 Å². The number of rotatable bonds is 3. The second kappa shape index (κ2) is 6.08. The van der Waals surface area contributed by atoms with Gasteiger partial charge in [-0.05, 0) is 42.8 Å². The van der Waals surface area contributed by atoms with Crippen molar-refractivity contribution in [3.8, 4) is 5.75 Å². The Morgan fingerprint density at radius 3 is 2.74 bits per heavy atom. The van der Waals surface area contributed by atoms with Gasteiger partial charge < -0.3 is 15.4 Å². The van der Waals surface area contributed by atoms with Crippen LogP contribution >= 0.6 is 0 Å². The van der Waals surface area contributed by atoms with Crippen LogP contribution in [0.5, 0.6) is 5.75 Å². The van der Waals surface area contributed by atoms with Crippen LogP contribution < -0.4 is 15.4 Å². The third-order valence-electron chi connectivity index (χ3n) is 3.47. The smallest absolute Gasteiger partial charge is 0.265 e. The third kappa shape index (κ3) is 3.48. The lowest BCUT2D eigenvalue weighted by molar-refractivity contribution is -0.122. The molecule has 1 heterocycles. The zero-order valence-corrected chi connectivity index (χ0v) is 12.4. The Balaban J connectivity index is 1.68. The van der Waals surface area contributed by atoms with Crippen LogP contribution in [0, 0.1) is 5.82 Å². The van der Waals surface area contributed by atoms with Crippen LogP contribution in [-0.2, 0) is 16.0 Å². The zero-order valence-electron chi connectivity index (χ0n) is 12.4. The van der Waals surface area contributed by atoms with E-state index in [1.165, 1.54) is 12.1 Å². The molecule has 1 unspecified atom stereocenters. The number of carbonyl (C=O) groups excluding carboxylic acids is 2. The number of hydrogen-bond acceptors (Lipinski definition) is 3. The van der Waals surface area contributed by atoms with Crippen LogP contribution in [0.25, 0.3) is 0 Å². The minimum Gasteiger partial charge on any atom is -0.479 e. The van der Waals surface area contributed by atoms with Crippen molar-refractivity contribution in [2.24, 2.45) is 0 Å². The Labute approximate surface area is 132 Å². The molecule has 0 aliphatic carbocycles. The van der Waals surface area contributed by atoms with Gasteiger partial charge in [-0.2, -0.15) is 0 Å². The van der Waals surface area contributed by atoms with Gasteiger partial charge in [0.1, 0.15) is 11.6 Å². The Morgan fingerprint density at radius 1 is 1.26 bits per heavy atom. The van der Waals surface area contributed by atoms with Gasteiger partial charge in [0, 0.05) is 5.69 Å². The fourth-order valence-corrected chi connectivity index (χ4v) is 2.28. The Morgan fingerprint density at radius 2 is 2.00 bits per heavy atom. The SMILES string of the molecule is CC1Oc2ccc(NC(=O)Cc3ccc(F)cc3)cc2NC1=O. The van der Waals surface area contributed by atoms with E-state index >= 15 is 0 Å². The van der Waals surface area contributed by atoms with Crippen LogP contribution in [0.3, 0.4) is 0 Å². The maximum absolute atomic E-state index is 12.8. The minimum atomic E-state index is -0.540. The molecule has 118 valence electrons. The summed E-state index contributed by atoms with van der Waals surface area (Å²) in [5.41, 5.74) is 1.79. The van der Waals surface area contributed by atoms with E-state index in [0.29, 0.717) is 22.7 Å². The lowest BCUT2D eigenvalue weighted by Gasteiger charge is -2.23. The average molecular weight is 314 g/mol.